The van der Waals surface area contributed by atoms with E-state index >= 15 is 0 Å². The molecule has 0 heterocycles. The van der Waals surface area contributed by atoms with Gasteiger partial charge in [0.1, 0.15) is 5.75 Å². The van der Waals surface area contributed by atoms with E-state index in [1.54, 1.807) is 14.2 Å². The van der Waals surface area contributed by atoms with Crippen LogP contribution in [0.1, 0.15) is 29.5 Å². The Labute approximate surface area is 144 Å². The molecule has 4 nitrogen and oxygen atoms in total. The van der Waals surface area contributed by atoms with Crippen molar-refractivity contribution >= 4 is 0 Å². The lowest BCUT2D eigenvalue weighted by molar-refractivity contribution is 0.307. The third kappa shape index (κ3) is 4.01. The van der Waals surface area contributed by atoms with Gasteiger partial charge in [-0.05, 0) is 55.6 Å². The molecule has 0 aliphatic carbocycles. The summed E-state index contributed by atoms with van der Waals surface area (Å²) < 4.78 is 16.6. The van der Waals surface area contributed by atoms with Crippen molar-refractivity contribution in [1.82, 2.24) is 0 Å². The molecule has 2 aromatic rings. The third-order valence-corrected chi connectivity index (χ3v) is 4.21. The van der Waals surface area contributed by atoms with Crippen LogP contribution in [0.5, 0.6) is 17.2 Å². The SMILES string of the molecule is CCOc1c(CC(CN)c2ccc(OC)c(C)c2)cccc1OC. The molecular weight excluding hydrogens is 302 g/mol. The molecule has 0 fully saturated rings. The van der Waals surface area contributed by atoms with Gasteiger partial charge in [-0.3, -0.25) is 0 Å². The fraction of sp³-hybridized carbons (Fsp3) is 0.400. The molecule has 2 rings (SSSR count). The van der Waals surface area contributed by atoms with Gasteiger partial charge in [-0.25, -0.2) is 0 Å². The molecule has 0 aromatic heterocycles. The molecule has 0 amide bonds. The van der Waals surface area contributed by atoms with Crippen LogP contribution in [-0.4, -0.2) is 27.4 Å². The summed E-state index contributed by atoms with van der Waals surface area (Å²) in [7, 11) is 3.35. The zero-order valence-electron chi connectivity index (χ0n) is 15.0. The van der Waals surface area contributed by atoms with Gasteiger partial charge < -0.3 is 19.9 Å². The first kappa shape index (κ1) is 18.1. The fourth-order valence-electron chi connectivity index (χ4n) is 2.95. The zero-order chi connectivity index (χ0) is 17.5. The van der Waals surface area contributed by atoms with Crippen LogP contribution in [0.25, 0.3) is 0 Å². The number of hydrogen-bond acceptors (Lipinski definition) is 4. The normalized spacial score (nSPS) is 11.9. The lowest BCUT2D eigenvalue weighted by atomic mass is 9.90. The lowest BCUT2D eigenvalue weighted by Gasteiger charge is -2.20. The van der Waals surface area contributed by atoms with Gasteiger partial charge in [0.2, 0.25) is 0 Å². The number of aryl methyl sites for hydroxylation is 1. The standard InChI is InChI=1S/C20H27NO3/c1-5-24-20-16(7-6-8-19(20)23-4)12-17(13-21)15-9-10-18(22-3)14(2)11-15/h6-11,17H,5,12-13,21H2,1-4H3. The van der Waals surface area contributed by atoms with Gasteiger partial charge >= 0.3 is 0 Å². The first-order valence-electron chi connectivity index (χ1n) is 8.27. The lowest BCUT2D eigenvalue weighted by Crippen LogP contribution is -2.16. The van der Waals surface area contributed by atoms with Gasteiger partial charge in [-0.15, -0.1) is 0 Å². The van der Waals surface area contributed by atoms with Gasteiger partial charge in [0.25, 0.3) is 0 Å². The fourth-order valence-corrected chi connectivity index (χ4v) is 2.95. The minimum Gasteiger partial charge on any atom is -0.496 e. The van der Waals surface area contributed by atoms with Crippen molar-refractivity contribution < 1.29 is 14.2 Å². The Balaban J connectivity index is 2.32. The van der Waals surface area contributed by atoms with E-state index in [0.29, 0.717) is 13.2 Å². The first-order chi connectivity index (χ1) is 11.6. The van der Waals surface area contributed by atoms with E-state index in [2.05, 4.69) is 18.2 Å². The average molecular weight is 329 g/mol. The Kier molecular flexibility index (Phi) is 6.50. The van der Waals surface area contributed by atoms with Crippen LogP contribution in [0, 0.1) is 6.92 Å². The highest BCUT2D eigenvalue weighted by Crippen LogP contribution is 2.35. The summed E-state index contributed by atoms with van der Waals surface area (Å²) in [6.45, 7) is 5.19. The summed E-state index contributed by atoms with van der Waals surface area (Å²) in [5, 5.41) is 0. The quantitative estimate of drug-likeness (QED) is 0.802. The number of hydrogen-bond donors (Lipinski definition) is 1. The number of rotatable bonds is 8. The van der Waals surface area contributed by atoms with E-state index in [4.69, 9.17) is 19.9 Å². The molecule has 1 atom stereocenters. The van der Waals surface area contributed by atoms with Gasteiger partial charge in [0, 0.05) is 5.92 Å². The van der Waals surface area contributed by atoms with Crippen molar-refractivity contribution in [2.24, 2.45) is 5.73 Å². The maximum atomic E-state index is 6.06. The highest BCUT2D eigenvalue weighted by Gasteiger charge is 2.17. The summed E-state index contributed by atoms with van der Waals surface area (Å²) in [4.78, 5) is 0. The Morgan fingerprint density at radius 2 is 1.79 bits per heavy atom. The van der Waals surface area contributed by atoms with Crippen molar-refractivity contribution in [1.29, 1.82) is 0 Å². The maximum absolute atomic E-state index is 6.06. The van der Waals surface area contributed by atoms with Crippen molar-refractivity contribution in [2.75, 3.05) is 27.4 Å². The Morgan fingerprint density at radius 1 is 1.04 bits per heavy atom. The second kappa shape index (κ2) is 8.60. The summed E-state index contributed by atoms with van der Waals surface area (Å²) in [5.74, 6) is 2.68. The van der Waals surface area contributed by atoms with Crippen molar-refractivity contribution in [2.45, 2.75) is 26.2 Å². The number of ether oxygens (including phenoxy) is 3. The van der Waals surface area contributed by atoms with Crippen LogP contribution < -0.4 is 19.9 Å². The molecule has 2 aromatic carbocycles. The van der Waals surface area contributed by atoms with Crippen LogP contribution in [0.2, 0.25) is 0 Å². The number of benzene rings is 2. The molecule has 0 saturated carbocycles. The smallest absolute Gasteiger partial charge is 0.164 e. The molecule has 24 heavy (non-hydrogen) atoms. The molecule has 0 aliphatic rings. The molecule has 0 radical (unpaired) electrons. The van der Waals surface area contributed by atoms with E-state index in [1.807, 2.05) is 32.0 Å². The molecule has 130 valence electrons. The molecule has 0 saturated heterocycles. The largest absolute Gasteiger partial charge is 0.496 e. The minimum absolute atomic E-state index is 0.209. The predicted octanol–water partition coefficient (Wildman–Crippen LogP) is 3.70. The summed E-state index contributed by atoms with van der Waals surface area (Å²) in [6.07, 6.45) is 0.800. The van der Waals surface area contributed by atoms with Gasteiger partial charge in [-0.2, -0.15) is 0 Å². The van der Waals surface area contributed by atoms with Crippen molar-refractivity contribution in [3.05, 3.63) is 53.1 Å². The summed E-state index contributed by atoms with van der Waals surface area (Å²) >= 11 is 0. The average Bonchev–Trinajstić information content (AvgIpc) is 2.60. The van der Waals surface area contributed by atoms with Crippen LogP contribution in [0.4, 0.5) is 0 Å². The maximum Gasteiger partial charge on any atom is 0.164 e. The number of nitrogens with two attached hydrogens (primary N) is 1. The van der Waals surface area contributed by atoms with Crippen LogP contribution >= 0.6 is 0 Å². The van der Waals surface area contributed by atoms with E-state index in [-0.39, 0.29) is 5.92 Å². The molecule has 4 heteroatoms. The Bertz CT molecular complexity index is 670. The second-order valence-electron chi connectivity index (χ2n) is 5.75. The topological polar surface area (TPSA) is 53.7 Å². The Hall–Kier alpha value is -2.20. The summed E-state index contributed by atoms with van der Waals surface area (Å²) in [6, 6.07) is 12.2. The van der Waals surface area contributed by atoms with Crippen LogP contribution in [0.15, 0.2) is 36.4 Å². The second-order valence-corrected chi connectivity index (χ2v) is 5.75. The Morgan fingerprint density at radius 3 is 2.38 bits per heavy atom. The number of para-hydroxylation sites is 1. The van der Waals surface area contributed by atoms with Crippen molar-refractivity contribution in [3.8, 4) is 17.2 Å². The molecule has 2 N–H and O–H groups in total. The molecular formula is C20H27NO3. The van der Waals surface area contributed by atoms with E-state index in [1.165, 1.54) is 5.56 Å². The van der Waals surface area contributed by atoms with E-state index in [9.17, 15) is 0 Å². The van der Waals surface area contributed by atoms with Crippen molar-refractivity contribution in [3.63, 3.8) is 0 Å². The number of methoxy groups -OCH3 is 2. The van der Waals surface area contributed by atoms with E-state index < -0.39 is 0 Å². The molecule has 0 spiro atoms. The highest BCUT2D eigenvalue weighted by molar-refractivity contribution is 5.48. The van der Waals surface area contributed by atoms with Crippen LogP contribution in [0.3, 0.4) is 0 Å². The third-order valence-electron chi connectivity index (χ3n) is 4.21. The zero-order valence-corrected chi connectivity index (χ0v) is 15.0. The minimum atomic E-state index is 0.209. The first-order valence-corrected chi connectivity index (χ1v) is 8.27. The van der Waals surface area contributed by atoms with Gasteiger partial charge in [0.15, 0.2) is 11.5 Å². The molecule has 1 unspecified atom stereocenters. The van der Waals surface area contributed by atoms with Gasteiger partial charge in [0.05, 0.1) is 20.8 Å². The molecule has 0 bridgehead atoms. The van der Waals surface area contributed by atoms with Gasteiger partial charge in [-0.1, -0.05) is 24.3 Å². The highest BCUT2D eigenvalue weighted by atomic mass is 16.5. The monoisotopic (exact) mass is 329 g/mol. The predicted molar refractivity (Wildman–Crippen MR) is 97.4 cm³/mol. The van der Waals surface area contributed by atoms with Crippen LogP contribution in [-0.2, 0) is 6.42 Å². The molecule has 0 aliphatic heterocycles. The summed E-state index contributed by atoms with van der Waals surface area (Å²) in [5.41, 5.74) is 9.50. The van der Waals surface area contributed by atoms with E-state index in [0.717, 1.165) is 34.8 Å².